The molecule has 1 saturated heterocycles. The molecule has 1 heterocycles. The van der Waals surface area contributed by atoms with E-state index < -0.39 is 0 Å². The summed E-state index contributed by atoms with van der Waals surface area (Å²) < 4.78 is 0. The van der Waals surface area contributed by atoms with E-state index in [0.29, 0.717) is 11.9 Å². The lowest BCUT2D eigenvalue weighted by Crippen LogP contribution is -2.39. The van der Waals surface area contributed by atoms with E-state index in [2.05, 4.69) is 5.32 Å². The Hall–Kier alpha value is -0.570. The molecule has 1 aliphatic carbocycles. The maximum Gasteiger partial charge on any atom is 0.227 e. The molecule has 2 aliphatic rings. The van der Waals surface area contributed by atoms with E-state index in [1.54, 1.807) is 0 Å². The van der Waals surface area contributed by atoms with Crippen LogP contribution in [0.2, 0.25) is 0 Å². The first kappa shape index (κ1) is 9.97. The van der Waals surface area contributed by atoms with Gasteiger partial charge in [-0.3, -0.25) is 4.79 Å². The number of fused-ring (bicyclic) bond motifs is 1. The molecular weight excluding hydrogens is 176 g/mol. The maximum absolute atomic E-state index is 12.0. The molecule has 0 aromatic rings. The predicted octanol–water partition coefficient (Wildman–Crippen LogP) is 0.997. The first-order valence-electron chi connectivity index (χ1n) is 5.77. The van der Waals surface area contributed by atoms with Crippen molar-refractivity contribution in [3.8, 4) is 0 Å². The highest BCUT2D eigenvalue weighted by molar-refractivity contribution is 5.79. The molecule has 14 heavy (non-hydrogen) atoms. The Labute approximate surface area is 85.8 Å². The highest BCUT2D eigenvalue weighted by atomic mass is 16.2. The van der Waals surface area contributed by atoms with E-state index in [9.17, 15) is 4.79 Å². The van der Waals surface area contributed by atoms with Crippen molar-refractivity contribution in [2.24, 2.45) is 5.92 Å². The number of likely N-dealkylation sites (N-methyl/N-ethyl adjacent to an activating group) is 1. The Bertz CT molecular complexity index is 217. The summed E-state index contributed by atoms with van der Waals surface area (Å²) in [5.74, 6) is 0.617. The fraction of sp³-hybridized carbons (Fsp3) is 0.909. The molecule has 1 saturated carbocycles. The molecule has 2 unspecified atom stereocenters. The third-order valence-corrected chi connectivity index (χ3v) is 3.56. The smallest absolute Gasteiger partial charge is 0.227 e. The van der Waals surface area contributed by atoms with Crippen LogP contribution in [0.4, 0.5) is 0 Å². The Morgan fingerprint density at radius 2 is 2.07 bits per heavy atom. The van der Waals surface area contributed by atoms with Crippen molar-refractivity contribution in [3.63, 3.8) is 0 Å². The Morgan fingerprint density at radius 1 is 1.29 bits per heavy atom. The van der Waals surface area contributed by atoms with Gasteiger partial charge in [0.1, 0.15) is 0 Å². The number of hydrogen-bond donors (Lipinski definition) is 1. The monoisotopic (exact) mass is 196 g/mol. The van der Waals surface area contributed by atoms with Gasteiger partial charge in [-0.15, -0.1) is 0 Å². The van der Waals surface area contributed by atoms with Crippen molar-refractivity contribution in [3.05, 3.63) is 0 Å². The molecule has 2 rings (SSSR count). The van der Waals surface area contributed by atoms with Crippen LogP contribution in [0, 0.1) is 5.92 Å². The Kier molecular flexibility index (Phi) is 3.06. The molecule has 1 amide bonds. The molecule has 0 spiro atoms. The van der Waals surface area contributed by atoms with E-state index >= 15 is 0 Å². The minimum absolute atomic E-state index is 0.255. The molecule has 2 fully saturated rings. The predicted molar refractivity (Wildman–Crippen MR) is 56.0 cm³/mol. The van der Waals surface area contributed by atoms with Crippen LogP contribution in [-0.4, -0.2) is 37.0 Å². The van der Waals surface area contributed by atoms with Crippen LogP contribution in [-0.2, 0) is 4.79 Å². The third-order valence-electron chi connectivity index (χ3n) is 3.56. The van der Waals surface area contributed by atoms with E-state index in [4.69, 9.17) is 0 Å². The molecule has 80 valence electrons. The van der Waals surface area contributed by atoms with Crippen LogP contribution in [0.5, 0.6) is 0 Å². The van der Waals surface area contributed by atoms with Crippen molar-refractivity contribution < 1.29 is 4.79 Å². The van der Waals surface area contributed by atoms with Crippen molar-refractivity contribution >= 4 is 5.91 Å². The summed E-state index contributed by atoms with van der Waals surface area (Å²) >= 11 is 0. The summed E-state index contributed by atoms with van der Waals surface area (Å²) in [4.78, 5) is 13.9. The molecule has 3 nitrogen and oxygen atoms in total. The second-order valence-corrected chi connectivity index (χ2v) is 4.56. The normalized spacial score (nSPS) is 34.6. The van der Waals surface area contributed by atoms with Crippen LogP contribution in [0.15, 0.2) is 0 Å². The molecule has 0 bridgehead atoms. The summed E-state index contributed by atoms with van der Waals surface area (Å²) in [5.41, 5.74) is 0. The Morgan fingerprint density at radius 3 is 2.93 bits per heavy atom. The van der Waals surface area contributed by atoms with Gasteiger partial charge in [0, 0.05) is 26.2 Å². The summed E-state index contributed by atoms with van der Waals surface area (Å²) in [6, 6.07) is 0.454. The number of nitrogens with one attached hydrogen (secondary N) is 1. The average Bonchev–Trinajstić information content (AvgIpc) is 2.46. The van der Waals surface area contributed by atoms with Gasteiger partial charge in [-0.05, 0) is 12.8 Å². The second kappa shape index (κ2) is 4.30. The molecule has 2 atom stereocenters. The van der Waals surface area contributed by atoms with Crippen LogP contribution >= 0.6 is 0 Å². The quantitative estimate of drug-likeness (QED) is 0.627. The maximum atomic E-state index is 12.0. The van der Waals surface area contributed by atoms with Gasteiger partial charge in [0.15, 0.2) is 0 Å². The minimum atomic E-state index is 0.255. The zero-order valence-corrected chi connectivity index (χ0v) is 8.96. The number of amides is 1. The summed E-state index contributed by atoms with van der Waals surface area (Å²) in [6.45, 7) is 1.83. The Balaban J connectivity index is 2.11. The standard InChI is InChI=1S/C11H20N2O/c1-13-8-7-12-10-6-4-2-3-5-9(10)11(13)14/h9-10,12H,2-8H2,1H3. The SMILES string of the molecule is CN1CCNC2CCCCCC2C1=O. The van der Waals surface area contributed by atoms with Crippen LogP contribution in [0.1, 0.15) is 32.1 Å². The van der Waals surface area contributed by atoms with Gasteiger partial charge in [0.2, 0.25) is 5.91 Å². The highest BCUT2D eigenvalue weighted by Gasteiger charge is 2.33. The number of hydrogen-bond acceptors (Lipinski definition) is 2. The van der Waals surface area contributed by atoms with Gasteiger partial charge >= 0.3 is 0 Å². The summed E-state index contributed by atoms with van der Waals surface area (Å²) in [7, 11) is 1.93. The summed E-state index contributed by atoms with van der Waals surface area (Å²) in [6.07, 6.45) is 6.07. The van der Waals surface area contributed by atoms with Gasteiger partial charge in [-0.2, -0.15) is 0 Å². The molecule has 3 heteroatoms. The molecular formula is C11H20N2O. The summed E-state index contributed by atoms with van der Waals surface area (Å²) in [5, 5.41) is 3.52. The highest BCUT2D eigenvalue weighted by Crippen LogP contribution is 2.26. The van der Waals surface area contributed by atoms with Crippen LogP contribution in [0.25, 0.3) is 0 Å². The molecule has 1 aliphatic heterocycles. The first-order valence-corrected chi connectivity index (χ1v) is 5.77. The first-order chi connectivity index (χ1) is 6.79. The molecule has 0 radical (unpaired) electrons. The van der Waals surface area contributed by atoms with Crippen molar-refractivity contribution in [2.45, 2.75) is 38.1 Å². The third kappa shape index (κ3) is 1.92. The second-order valence-electron chi connectivity index (χ2n) is 4.56. The fourth-order valence-corrected chi connectivity index (χ4v) is 2.66. The minimum Gasteiger partial charge on any atom is -0.344 e. The lowest BCUT2D eigenvalue weighted by Gasteiger charge is -2.23. The van der Waals surface area contributed by atoms with E-state index in [1.165, 1.54) is 25.7 Å². The van der Waals surface area contributed by atoms with Gasteiger partial charge in [-0.25, -0.2) is 0 Å². The van der Waals surface area contributed by atoms with E-state index in [1.807, 2.05) is 11.9 Å². The van der Waals surface area contributed by atoms with Gasteiger partial charge < -0.3 is 10.2 Å². The van der Waals surface area contributed by atoms with Crippen molar-refractivity contribution in [1.29, 1.82) is 0 Å². The van der Waals surface area contributed by atoms with Gasteiger partial charge in [0.05, 0.1) is 5.92 Å². The van der Waals surface area contributed by atoms with E-state index in [-0.39, 0.29) is 5.92 Å². The lowest BCUT2D eigenvalue weighted by molar-refractivity contribution is -0.134. The zero-order valence-electron chi connectivity index (χ0n) is 8.96. The van der Waals surface area contributed by atoms with Crippen molar-refractivity contribution in [2.75, 3.05) is 20.1 Å². The zero-order chi connectivity index (χ0) is 9.97. The fourth-order valence-electron chi connectivity index (χ4n) is 2.66. The lowest BCUT2D eigenvalue weighted by atomic mass is 9.94. The van der Waals surface area contributed by atoms with Crippen molar-refractivity contribution in [1.82, 2.24) is 10.2 Å². The number of carbonyl (C=O) groups is 1. The number of carbonyl (C=O) groups excluding carboxylic acids is 1. The van der Waals surface area contributed by atoms with Gasteiger partial charge in [-0.1, -0.05) is 19.3 Å². The van der Waals surface area contributed by atoms with E-state index in [0.717, 1.165) is 19.5 Å². The van der Waals surface area contributed by atoms with Gasteiger partial charge in [0.25, 0.3) is 0 Å². The molecule has 0 aromatic carbocycles. The number of rotatable bonds is 0. The van der Waals surface area contributed by atoms with Crippen LogP contribution in [0.3, 0.4) is 0 Å². The van der Waals surface area contributed by atoms with Crippen LogP contribution < -0.4 is 5.32 Å². The average molecular weight is 196 g/mol. The topological polar surface area (TPSA) is 32.3 Å². The molecule has 1 N–H and O–H groups in total. The number of nitrogens with zero attached hydrogens (tertiary/aromatic N) is 1. The largest absolute Gasteiger partial charge is 0.344 e. The molecule has 0 aromatic heterocycles.